The first-order valence-electron chi connectivity index (χ1n) is 8.91. The number of benzene rings is 2. The summed E-state index contributed by atoms with van der Waals surface area (Å²) in [6, 6.07) is 11.8. The molecular formula is C21H24ClNO4. The number of nitrogens with one attached hydrogen (secondary N) is 1. The maximum Gasteiger partial charge on any atom is 0.338 e. The van der Waals surface area contributed by atoms with Crippen molar-refractivity contribution in [3.8, 4) is 5.75 Å². The Bertz CT molecular complexity index is 789. The summed E-state index contributed by atoms with van der Waals surface area (Å²) in [6.45, 7) is 5.98. The minimum Gasteiger partial charge on any atom is -0.481 e. The van der Waals surface area contributed by atoms with E-state index in [0.717, 1.165) is 18.4 Å². The van der Waals surface area contributed by atoms with E-state index < -0.39 is 6.10 Å². The normalized spacial score (nSPS) is 11.6. The van der Waals surface area contributed by atoms with Crippen molar-refractivity contribution < 1.29 is 19.1 Å². The third kappa shape index (κ3) is 6.29. The fourth-order valence-corrected chi connectivity index (χ4v) is 2.39. The Morgan fingerprint density at radius 3 is 2.48 bits per heavy atom. The molecule has 6 heteroatoms. The summed E-state index contributed by atoms with van der Waals surface area (Å²) < 4.78 is 10.8. The van der Waals surface area contributed by atoms with Crippen LogP contribution < -0.4 is 10.1 Å². The van der Waals surface area contributed by atoms with Crippen molar-refractivity contribution in [2.45, 2.75) is 39.7 Å². The predicted molar refractivity (Wildman–Crippen MR) is 107 cm³/mol. The zero-order valence-electron chi connectivity index (χ0n) is 15.8. The fourth-order valence-electron chi connectivity index (χ4n) is 2.27. The molecule has 0 spiro atoms. The second kappa shape index (κ2) is 9.97. The van der Waals surface area contributed by atoms with Gasteiger partial charge in [-0.25, -0.2) is 4.79 Å². The maximum atomic E-state index is 12.3. The lowest BCUT2D eigenvalue weighted by Crippen LogP contribution is -2.30. The minimum absolute atomic E-state index is 0.291. The smallest absolute Gasteiger partial charge is 0.338 e. The SMILES string of the molecule is CCCCOC(=O)c1ccc(NC(=O)[C@@H](C)Oc2ccc(Cl)c(C)c2)cc1. The Kier molecular flexibility index (Phi) is 7.67. The van der Waals surface area contributed by atoms with Crippen molar-refractivity contribution in [3.63, 3.8) is 0 Å². The molecule has 0 bridgehead atoms. The number of rotatable bonds is 8. The average Bonchev–Trinajstić information content (AvgIpc) is 2.65. The second-order valence-electron chi connectivity index (χ2n) is 6.23. The largest absolute Gasteiger partial charge is 0.481 e. The number of hydrogen-bond donors (Lipinski definition) is 1. The number of ether oxygens (including phenoxy) is 2. The molecule has 1 N–H and O–H groups in total. The maximum absolute atomic E-state index is 12.3. The van der Waals surface area contributed by atoms with Crippen molar-refractivity contribution in [1.29, 1.82) is 0 Å². The Labute approximate surface area is 164 Å². The standard InChI is InChI=1S/C21H24ClNO4/c1-4-5-12-26-21(25)16-6-8-17(9-7-16)23-20(24)15(3)27-18-10-11-19(22)14(2)13-18/h6-11,13,15H,4-5,12H2,1-3H3,(H,23,24)/t15-/m1/s1. The van der Waals surface area contributed by atoms with E-state index in [9.17, 15) is 9.59 Å². The van der Waals surface area contributed by atoms with Gasteiger partial charge in [0, 0.05) is 10.7 Å². The molecule has 0 radical (unpaired) electrons. The van der Waals surface area contributed by atoms with Gasteiger partial charge in [-0.2, -0.15) is 0 Å². The van der Waals surface area contributed by atoms with Crippen molar-refractivity contribution in [2.24, 2.45) is 0 Å². The van der Waals surface area contributed by atoms with Gasteiger partial charge in [0.1, 0.15) is 5.75 Å². The van der Waals surface area contributed by atoms with E-state index >= 15 is 0 Å². The number of esters is 1. The number of unbranched alkanes of at least 4 members (excludes halogenated alkanes) is 1. The van der Waals surface area contributed by atoms with E-state index in [2.05, 4.69) is 5.32 Å². The first-order chi connectivity index (χ1) is 12.9. The summed E-state index contributed by atoms with van der Waals surface area (Å²) in [4.78, 5) is 24.2. The third-order valence-electron chi connectivity index (χ3n) is 3.93. The second-order valence-corrected chi connectivity index (χ2v) is 6.63. The molecule has 27 heavy (non-hydrogen) atoms. The predicted octanol–water partition coefficient (Wildman–Crippen LogP) is 5.01. The summed E-state index contributed by atoms with van der Waals surface area (Å²) in [5, 5.41) is 3.41. The molecule has 0 aromatic heterocycles. The van der Waals surface area contributed by atoms with Crippen molar-refractivity contribution >= 4 is 29.2 Å². The number of anilines is 1. The monoisotopic (exact) mass is 389 g/mol. The molecule has 5 nitrogen and oxygen atoms in total. The highest BCUT2D eigenvalue weighted by molar-refractivity contribution is 6.31. The van der Waals surface area contributed by atoms with Crippen LogP contribution in [0.15, 0.2) is 42.5 Å². The van der Waals surface area contributed by atoms with E-state index in [1.165, 1.54) is 0 Å². The topological polar surface area (TPSA) is 64.6 Å². The molecule has 0 heterocycles. The van der Waals surface area contributed by atoms with Crippen LogP contribution >= 0.6 is 11.6 Å². The van der Waals surface area contributed by atoms with Crippen molar-refractivity contribution in [1.82, 2.24) is 0 Å². The van der Waals surface area contributed by atoms with Crippen LogP contribution in [0, 0.1) is 6.92 Å². The van der Waals surface area contributed by atoms with Gasteiger partial charge in [0.15, 0.2) is 6.10 Å². The minimum atomic E-state index is -0.690. The number of amides is 1. The first-order valence-corrected chi connectivity index (χ1v) is 9.29. The van der Waals surface area contributed by atoms with Crippen LogP contribution in [0.25, 0.3) is 0 Å². The summed E-state index contributed by atoms with van der Waals surface area (Å²) in [6.07, 6.45) is 1.11. The van der Waals surface area contributed by atoms with Gasteiger partial charge < -0.3 is 14.8 Å². The number of hydrogen-bond acceptors (Lipinski definition) is 4. The molecular weight excluding hydrogens is 366 g/mol. The van der Waals surface area contributed by atoms with Crippen molar-refractivity contribution in [2.75, 3.05) is 11.9 Å². The highest BCUT2D eigenvalue weighted by Gasteiger charge is 2.16. The molecule has 2 aromatic carbocycles. The highest BCUT2D eigenvalue weighted by Crippen LogP contribution is 2.22. The van der Waals surface area contributed by atoms with Crippen LogP contribution in [0.1, 0.15) is 42.6 Å². The molecule has 2 rings (SSSR count). The Morgan fingerprint density at radius 1 is 1.15 bits per heavy atom. The number of carbonyl (C=O) groups excluding carboxylic acids is 2. The van der Waals surface area contributed by atoms with Crippen LogP contribution in [0.5, 0.6) is 5.75 Å². The van der Waals surface area contributed by atoms with Gasteiger partial charge in [-0.1, -0.05) is 24.9 Å². The quantitative estimate of drug-likeness (QED) is 0.509. The Morgan fingerprint density at radius 2 is 1.85 bits per heavy atom. The molecule has 0 fully saturated rings. The summed E-state index contributed by atoms with van der Waals surface area (Å²) in [5.41, 5.74) is 1.90. The number of aryl methyl sites for hydroxylation is 1. The summed E-state index contributed by atoms with van der Waals surface area (Å²) in [5.74, 6) is -0.0817. The van der Waals surface area contributed by atoms with Crippen LogP contribution in [-0.2, 0) is 9.53 Å². The van der Waals surface area contributed by atoms with Crippen LogP contribution in [-0.4, -0.2) is 24.6 Å². The molecule has 0 aliphatic carbocycles. The Balaban J connectivity index is 1.90. The average molecular weight is 390 g/mol. The molecule has 0 aliphatic heterocycles. The van der Waals surface area contributed by atoms with Gasteiger partial charge in [0.25, 0.3) is 5.91 Å². The number of halogens is 1. The van der Waals surface area contributed by atoms with Crippen LogP contribution in [0.3, 0.4) is 0 Å². The lowest BCUT2D eigenvalue weighted by atomic mass is 10.2. The van der Waals surface area contributed by atoms with Gasteiger partial charge in [0.05, 0.1) is 12.2 Å². The molecule has 2 aromatic rings. The molecule has 0 saturated carbocycles. The fraction of sp³-hybridized carbons (Fsp3) is 0.333. The lowest BCUT2D eigenvalue weighted by molar-refractivity contribution is -0.122. The molecule has 0 aliphatic rings. The van der Waals surface area contributed by atoms with Gasteiger partial charge in [-0.3, -0.25) is 4.79 Å². The summed E-state index contributed by atoms with van der Waals surface area (Å²) >= 11 is 5.99. The van der Waals surface area contributed by atoms with Gasteiger partial charge in [-0.05, 0) is 68.3 Å². The molecule has 0 unspecified atom stereocenters. The Hall–Kier alpha value is -2.53. The van der Waals surface area contributed by atoms with E-state index in [-0.39, 0.29) is 11.9 Å². The first kappa shape index (κ1) is 20.8. The molecule has 1 atom stereocenters. The molecule has 0 saturated heterocycles. The molecule has 1 amide bonds. The third-order valence-corrected chi connectivity index (χ3v) is 4.35. The summed E-state index contributed by atoms with van der Waals surface area (Å²) in [7, 11) is 0. The van der Waals surface area contributed by atoms with Gasteiger partial charge in [-0.15, -0.1) is 0 Å². The zero-order valence-corrected chi connectivity index (χ0v) is 16.5. The lowest BCUT2D eigenvalue weighted by Gasteiger charge is -2.15. The van der Waals surface area contributed by atoms with Crippen LogP contribution in [0.2, 0.25) is 5.02 Å². The van der Waals surface area contributed by atoms with E-state index in [1.807, 2.05) is 13.8 Å². The van der Waals surface area contributed by atoms with Crippen LogP contribution in [0.4, 0.5) is 5.69 Å². The van der Waals surface area contributed by atoms with Crippen molar-refractivity contribution in [3.05, 3.63) is 58.6 Å². The molecule has 144 valence electrons. The van der Waals surface area contributed by atoms with Gasteiger partial charge in [0.2, 0.25) is 0 Å². The van der Waals surface area contributed by atoms with E-state index in [0.29, 0.717) is 28.6 Å². The van der Waals surface area contributed by atoms with E-state index in [4.69, 9.17) is 21.1 Å². The number of carbonyl (C=O) groups is 2. The van der Waals surface area contributed by atoms with E-state index in [1.54, 1.807) is 49.4 Å². The van der Waals surface area contributed by atoms with Gasteiger partial charge >= 0.3 is 5.97 Å². The highest BCUT2D eigenvalue weighted by atomic mass is 35.5. The zero-order chi connectivity index (χ0) is 19.8.